The summed E-state index contributed by atoms with van der Waals surface area (Å²) < 4.78 is 19.1. The Bertz CT molecular complexity index is 1350. The third-order valence-electron chi connectivity index (χ3n) is 6.00. The Balaban J connectivity index is 1.50. The molecule has 0 saturated carbocycles. The zero-order valence-corrected chi connectivity index (χ0v) is 18.3. The summed E-state index contributed by atoms with van der Waals surface area (Å²) in [5.41, 5.74) is 5.46. The number of hydrogen-bond acceptors (Lipinski definition) is 7. The molecule has 0 saturated heterocycles. The molecule has 3 heterocycles. The van der Waals surface area contributed by atoms with Crippen molar-refractivity contribution < 1.29 is 9.50 Å². The van der Waals surface area contributed by atoms with Crippen molar-refractivity contribution in [2.45, 2.75) is 25.1 Å². The zero-order valence-electron chi connectivity index (χ0n) is 18.3. The highest BCUT2D eigenvalue weighted by molar-refractivity contribution is 5.50. The summed E-state index contributed by atoms with van der Waals surface area (Å²) in [7, 11) is 0. The first-order valence-electron chi connectivity index (χ1n) is 10.6. The van der Waals surface area contributed by atoms with Gasteiger partial charge < -0.3 is 5.11 Å². The SMILES string of the molecule is C[C@@H](n1ccn(-c2ccc(N3NC=CN3)cc2)c1=O)[C@](O)(Cn1cncn1)c1ccccc1F. The van der Waals surface area contributed by atoms with Crippen LogP contribution in [0.2, 0.25) is 0 Å². The first-order valence-corrected chi connectivity index (χ1v) is 10.6. The number of aromatic nitrogens is 5. The van der Waals surface area contributed by atoms with Gasteiger partial charge in [-0.3, -0.25) is 20.0 Å². The summed E-state index contributed by atoms with van der Waals surface area (Å²) in [5.74, 6) is -0.571. The topological polar surface area (TPSA) is 105 Å². The molecule has 0 aliphatic carbocycles. The van der Waals surface area contributed by atoms with Crippen molar-refractivity contribution in [3.05, 3.63) is 108 Å². The molecule has 3 N–H and O–H groups in total. The second-order valence-corrected chi connectivity index (χ2v) is 7.97. The van der Waals surface area contributed by atoms with Crippen LogP contribution in [0.1, 0.15) is 18.5 Å². The van der Waals surface area contributed by atoms with Crippen LogP contribution < -0.4 is 21.7 Å². The summed E-state index contributed by atoms with van der Waals surface area (Å²) in [4.78, 5) is 17.3. The Hall–Kier alpha value is -4.38. The monoisotopic (exact) mass is 462 g/mol. The van der Waals surface area contributed by atoms with Crippen LogP contribution in [0.4, 0.5) is 10.1 Å². The minimum absolute atomic E-state index is 0.0706. The van der Waals surface area contributed by atoms with Crippen LogP contribution in [-0.2, 0) is 12.1 Å². The Labute approximate surface area is 194 Å². The van der Waals surface area contributed by atoms with Gasteiger partial charge in [0.2, 0.25) is 0 Å². The molecule has 2 aromatic heterocycles. The number of benzene rings is 2. The highest BCUT2D eigenvalue weighted by Gasteiger charge is 2.40. The van der Waals surface area contributed by atoms with Gasteiger partial charge in [0.1, 0.15) is 24.1 Å². The van der Waals surface area contributed by atoms with Crippen LogP contribution in [0, 0.1) is 5.82 Å². The van der Waals surface area contributed by atoms with E-state index in [-0.39, 0.29) is 17.8 Å². The van der Waals surface area contributed by atoms with Crippen molar-refractivity contribution in [3.8, 4) is 5.69 Å². The maximum Gasteiger partial charge on any atom is 0.333 e. The minimum atomic E-state index is -1.78. The van der Waals surface area contributed by atoms with E-state index in [0.29, 0.717) is 5.69 Å². The molecule has 0 spiro atoms. The molecule has 0 unspecified atom stereocenters. The van der Waals surface area contributed by atoms with Crippen LogP contribution in [0.15, 0.2) is 90.8 Å². The molecule has 1 aliphatic heterocycles. The van der Waals surface area contributed by atoms with Crippen LogP contribution in [-0.4, -0.2) is 29.0 Å². The molecule has 0 bridgehead atoms. The van der Waals surface area contributed by atoms with Crippen LogP contribution >= 0.6 is 0 Å². The molecule has 1 aliphatic rings. The molecule has 4 aromatic rings. The summed E-state index contributed by atoms with van der Waals surface area (Å²) in [6.07, 6.45) is 9.50. The maximum absolute atomic E-state index is 14.8. The molecule has 2 aromatic carbocycles. The van der Waals surface area contributed by atoms with Crippen LogP contribution in [0.5, 0.6) is 0 Å². The molecule has 0 fully saturated rings. The van der Waals surface area contributed by atoms with Crippen molar-refractivity contribution in [1.29, 1.82) is 0 Å². The Morgan fingerprint density at radius 2 is 1.76 bits per heavy atom. The lowest BCUT2D eigenvalue weighted by Crippen LogP contribution is -2.43. The third kappa shape index (κ3) is 3.71. The first-order chi connectivity index (χ1) is 16.5. The van der Waals surface area contributed by atoms with E-state index in [0.717, 1.165) is 5.69 Å². The zero-order chi connectivity index (χ0) is 23.7. The number of aliphatic hydroxyl groups is 1. The van der Waals surface area contributed by atoms with Gasteiger partial charge in [-0.2, -0.15) is 10.2 Å². The fourth-order valence-corrected chi connectivity index (χ4v) is 4.10. The lowest BCUT2D eigenvalue weighted by atomic mass is 9.86. The Kier molecular flexibility index (Phi) is 5.38. The number of hydrazine groups is 2. The van der Waals surface area contributed by atoms with E-state index in [2.05, 4.69) is 20.9 Å². The Morgan fingerprint density at radius 3 is 2.44 bits per heavy atom. The van der Waals surface area contributed by atoms with Crippen molar-refractivity contribution in [2.24, 2.45) is 0 Å². The van der Waals surface area contributed by atoms with Gasteiger partial charge in [0.25, 0.3) is 0 Å². The van der Waals surface area contributed by atoms with E-state index in [1.54, 1.807) is 49.0 Å². The van der Waals surface area contributed by atoms with E-state index in [4.69, 9.17) is 0 Å². The molecule has 10 nitrogen and oxygen atoms in total. The number of imidazole rings is 1. The van der Waals surface area contributed by atoms with E-state index >= 15 is 0 Å². The lowest BCUT2D eigenvalue weighted by molar-refractivity contribution is -0.0341. The number of halogens is 1. The second-order valence-electron chi connectivity index (χ2n) is 7.97. The molecule has 0 amide bonds. The van der Waals surface area contributed by atoms with Crippen molar-refractivity contribution in [1.82, 2.24) is 34.8 Å². The molecule has 34 heavy (non-hydrogen) atoms. The number of anilines is 1. The van der Waals surface area contributed by atoms with E-state index < -0.39 is 17.5 Å². The first kappa shape index (κ1) is 21.5. The number of rotatable bonds is 7. The average molecular weight is 462 g/mol. The Morgan fingerprint density at radius 1 is 1.06 bits per heavy atom. The summed E-state index contributed by atoms with van der Waals surface area (Å²) in [6.45, 7) is 1.58. The number of nitrogens with zero attached hydrogens (tertiary/aromatic N) is 6. The molecule has 11 heteroatoms. The maximum atomic E-state index is 14.8. The van der Waals surface area contributed by atoms with Gasteiger partial charge >= 0.3 is 5.69 Å². The highest BCUT2D eigenvalue weighted by atomic mass is 19.1. The molecular weight excluding hydrogens is 439 g/mol. The van der Waals surface area contributed by atoms with Crippen molar-refractivity contribution in [2.75, 3.05) is 5.12 Å². The molecule has 2 atom stereocenters. The van der Waals surface area contributed by atoms with Gasteiger partial charge in [-0.25, -0.2) is 18.9 Å². The van der Waals surface area contributed by atoms with Crippen molar-refractivity contribution >= 4 is 5.69 Å². The molecular formula is C23H23FN8O2. The molecule has 5 rings (SSSR count). The van der Waals surface area contributed by atoms with Gasteiger partial charge in [-0.15, -0.1) is 0 Å². The third-order valence-corrected chi connectivity index (χ3v) is 6.00. The number of nitrogens with one attached hydrogen (secondary N) is 2. The molecule has 0 radical (unpaired) electrons. The largest absolute Gasteiger partial charge is 0.381 e. The highest BCUT2D eigenvalue weighted by Crippen LogP contribution is 2.35. The van der Waals surface area contributed by atoms with Gasteiger partial charge in [0.15, 0.2) is 0 Å². The van der Waals surface area contributed by atoms with Crippen LogP contribution in [0.3, 0.4) is 0 Å². The predicted octanol–water partition coefficient (Wildman–Crippen LogP) is 1.82. The van der Waals surface area contributed by atoms with E-state index in [1.165, 1.54) is 38.6 Å². The summed E-state index contributed by atoms with van der Waals surface area (Å²) in [6, 6.07) is 12.5. The quantitative estimate of drug-likeness (QED) is 0.385. The van der Waals surface area contributed by atoms with Gasteiger partial charge in [-0.1, -0.05) is 18.2 Å². The smallest absolute Gasteiger partial charge is 0.333 e. The lowest BCUT2D eigenvalue weighted by Gasteiger charge is -2.35. The van der Waals surface area contributed by atoms with Crippen molar-refractivity contribution in [3.63, 3.8) is 0 Å². The number of hydrogen-bond donors (Lipinski definition) is 3. The van der Waals surface area contributed by atoms with Gasteiger partial charge in [-0.05, 0) is 37.3 Å². The normalized spacial score (nSPS) is 15.6. The summed E-state index contributed by atoms with van der Waals surface area (Å²) >= 11 is 0. The molecule has 174 valence electrons. The predicted molar refractivity (Wildman–Crippen MR) is 123 cm³/mol. The standard InChI is InChI=1S/C23H23FN8O2/c1-17(23(34,14-29-16-25-15-28-29)20-4-2-3-5-21(20)24)30-12-13-31(22(30)33)18-6-8-19(9-7-18)32-26-10-11-27-32/h2-13,15-17,26-27,34H,14H2,1H3/t17-,23-/m1/s1. The van der Waals surface area contributed by atoms with Gasteiger partial charge in [0.05, 0.1) is 24.0 Å². The second kappa shape index (κ2) is 8.52. The fraction of sp³-hybridized carbons (Fsp3) is 0.174. The fourth-order valence-electron chi connectivity index (χ4n) is 4.10. The minimum Gasteiger partial charge on any atom is -0.381 e. The van der Waals surface area contributed by atoms with Gasteiger partial charge in [0, 0.05) is 30.4 Å². The van der Waals surface area contributed by atoms with E-state index in [9.17, 15) is 14.3 Å². The summed E-state index contributed by atoms with van der Waals surface area (Å²) in [5, 5.41) is 17.6. The van der Waals surface area contributed by atoms with Crippen LogP contribution in [0.25, 0.3) is 5.69 Å². The van der Waals surface area contributed by atoms with E-state index in [1.807, 2.05) is 24.3 Å². The average Bonchev–Trinajstić information content (AvgIpc) is 3.62.